The lowest BCUT2D eigenvalue weighted by molar-refractivity contribution is 0.423. The zero-order valence-corrected chi connectivity index (χ0v) is 11.2. The van der Waals surface area contributed by atoms with Gasteiger partial charge < -0.3 is 4.90 Å². The van der Waals surface area contributed by atoms with Gasteiger partial charge in [0.2, 0.25) is 0 Å². The maximum atomic E-state index is 11.8. The lowest BCUT2D eigenvalue weighted by Crippen LogP contribution is -2.36. The number of amidine groups is 1. The van der Waals surface area contributed by atoms with Crippen molar-refractivity contribution in [1.29, 1.82) is 0 Å². The number of alkyl halides is 1. The summed E-state index contributed by atoms with van der Waals surface area (Å²) < 4.78 is 27.5. The molecule has 0 aromatic heterocycles. The molecule has 92 valence electrons. The molecule has 1 aromatic rings. The fraction of sp³-hybridized carbons (Fsp3) is 0.364. The molecule has 0 fully saturated rings. The minimum absolute atomic E-state index is 0.0248. The molecule has 4 nitrogen and oxygen atoms in total. The van der Waals surface area contributed by atoms with Gasteiger partial charge in [-0.25, -0.2) is 0 Å². The van der Waals surface area contributed by atoms with Crippen molar-refractivity contribution in [2.75, 3.05) is 12.9 Å². The third-order valence-corrected chi connectivity index (χ3v) is 4.60. The van der Waals surface area contributed by atoms with E-state index in [2.05, 4.69) is 4.40 Å². The molecule has 1 aliphatic rings. The molecule has 1 aromatic carbocycles. The fourth-order valence-corrected chi connectivity index (χ4v) is 3.10. The van der Waals surface area contributed by atoms with Gasteiger partial charge in [0.25, 0.3) is 10.0 Å². The van der Waals surface area contributed by atoms with E-state index in [1.807, 2.05) is 6.92 Å². The van der Waals surface area contributed by atoms with Crippen LogP contribution in [0, 0.1) is 0 Å². The Morgan fingerprint density at radius 2 is 2.06 bits per heavy atom. The standard InChI is InChI=1S/C11H13ClN2O2S/c1-8(7-12)14(2)11-9-5-3-4-6-10(9)17(15,16)13-11/h3-6,8H,7H2,1-2H3. The highest BCUT2D eigenvalue weighted by Gasteiger charge is 2.31. The SMILES string of the molecule is CC(CCl)N(C)C1=NS(=O)(=O)c2ccccc21. The monoisotopic (exact) mass is 272 g/mol. The zero-order chi connectivity index (χ0) is 12.6. The van der Waals surface area contributed by atoms with Gasteiger partial charge in [0.1, 0.15) is 4.90 Å². The Labute approximate surface area is 106 Å². The second kappa shape index (κ2) is 4.31. The van der Waals surface area contributed by atoms with E-state index < -0.39 is 10.0 Å². The third kappa shape index (κ3) is 2.05. The molecular formula is C11H13ClN2O2S. The van der Waals surface area contributed by atoms with Gasteiger partial charge in [-0.2, -0.15) is 8.42 Å². The molecule has 0 spiro atoms. The van der Waals surface area contributed by atoms with Crippen LogP contribution in [0.2, 0.25) is 0 Å². The third-order valence-electron chi connectivity index (χ3n) is 2.83. The average Bonchev–Trinajstić information content (AvgIpc) is 2.60. The minimum atomic E-state index is -3.54. The summed E-state index contributed by atoms with van der Waals surface area (Å²) in [4.78, 5) is 2.06. The van der Waals surface area contributed by atoms with Crippen LogP contribution in [0.15, 0.2) is 33.6 Å². The smallest absolute Gasteiger partial charge is 0.285 e. The zero-order valence-electron chi connectivity index (χ0n) is 9.59. The van der Waals surface area contributed by atoms with Gasteiger partial charge in [0, 0.05) is 24.5 Å². The van der Waals surface area contributed by atoms with E-state index in [1.165, 1.54) is 0 Å². The molecule has 2 rings (SSSR count). The second-order valence-corrected chi connectivity index (χ2v) is 5.88. The average molecular weight is 273 g/mol. The first-order valence-electron chi connectivity index (χ1n) is 5.20. The molecule has 1 unspecified atom stereocenters. The molecule has 1 heterocycles. The maximum Gasteiger partial charge on any atom is 0.285 e. The molecule has 0 N–H and O–H groups in total. The van der Waals surface area contributed by atoms with E-state index in [-0.39, 0.29) is 10.9 Å². The van der Waals surface area contributed by atoms with Gasteiger partial charge in [-0.05, 0) is 19.1 Å². The van der Waals surface area contributed by atoms with Crippen LogP contribution in [0.5, 0.6) is 0 Å². The molecule has 17 heavy (non-hydrogen) atoms. The molecule has 0 radical (unpaired) electrons. The lowest BCUT2D eigenvalue weighted by Gasteiger charge is -2.24. The normalized spacial score (nSPS) is 18.4. The first-order chi connectivity index (χ1) is 7.97. The molecule has 1 aliphatic heterocycles. The van der Waals surface area contributed by atoms with Crippen molar-refractivity contribution < 1.29 is 8.42 Å². The van der Waals surface area contributed by atoms with Crippen LogP contribution in [0.25, 0.3) is 0 Å². The summed E-state index contributed by atoms with van der Waals surface area (Å²) in [6.45, 7) is 1.92. The Morgan fingerprint density at radius 3 is 2.71 bits per heavy atom. The van der Waals surface area contributed by atoms with Gasteiger partial charge in [0.15, 0.2) is 5.84 Å². The number of halogens is 1. The highest BCUT2D eigenvalue weighted by atomic mass is 35.5. The van der Waals surface area contributed by atoms with Crippen LogP contribution in [-0.4, -0.2) is 38.1 Å². The highest BCUT2D eigenvalue weighted by Crippen LogP contribution is 2.27. The summed E-state index contributed by atoms with van der Waals surface area (Å²) >= 11 is 5.78. The predicted octanol–water partition coefficient (Wildman–Crippen LogP) is 1.69. The number of hydrogen-bond acceptors (Lipinski definition) is 3. The molecular weight excluding hydrogens is 260 g/mol. The molecule has 0 aliphatic carbocycles. The summed E-state index contributed by atoms with van der Waals surface area (Å²) in [7, 11) is -1.74. The van der Waals surface area contributed by atoms with Crippen molar-refractivity contribution >= 4 is 27.5 Å². The highest BCUT2D eigenvalue weighted by molar-refractivity contribution is 7.90. The maximum absolute atomic E-state index is 11.8. The Morgan fingerprint density at radius 1 is 1.41 bits per heavy atom. The molecule has 1 atom stereocenters. The summed E-state index contributed by atoms with van der Waals surface area (Å²) in [6.07, 6.45) is 0. The summed E-state index contributed by atoms with van der Waals surface area (Å²) in [5.74, 6) is 0.881. The van der Waals surface area contributed by atoms with Crippen LogP contribution in [0.1, 0.15) is 12.5 Å². The lowest BCUT2D eigenvalue weighted by atomic mass is 10.2. The molecule has 0 saturated heterocycles. The number of sulfonamides is 1. The van der Waals surface area contributed by atoms with Crippen molar-refractivity contribution in [1.82, 2.24) is 4.90 Å². The number of hydrogen-bond donors (Lipinski definition) is 0. The van der Waals surface area contributed by atoms with Crippen LogP contribution >= 0.6 is 11.6 Å². The van der Waals surface area contributed by atoms with Crippen LogP contribution < -0.4 is 0 Å². The number of nitrogens with zero attached hydrogens (tertiary/aromatic N) is 2. The largest absolute Gasteiger partial charge is 0.355 e. The van der Waals surface area contributed by atoms with E-state index in [0.29, 0.717) is 17.3 Å². The summed E-state index contributed by atoms with van der Waals surface area (Å²) in [5.41, 5.74) is 0.645. The van der Waals surface area contributed by atoms with Gasteiger partial charge in [0.05, 0.1) is 0 Å². The summed E-state index contributed by atoms with van der Waals surface area (Å²) in [5, 5.41) is 0. The van der Waals surface area contributed by atoms with Crippen molar-refractivity contribution in [2.24, 2.45) is 4.40 Å². The Balaban J connectivity index is 2.52. The van der Waals surface area contributed by atoms with Crippen LogP contribution in [-0.2, 0) is 10.0 Å². The number of fused-ring (bicyclic) bond motifs is 1. The second-order valence-electron chi connectivity index (χ2n) is 4.00. The summed E-state index contributed by atoms with van der Waals surface area (Å²) in [6, 6.07) is 6.85. The number of rotatable bonds is 2. The van der Waals surface area contributed by atoms with Gasteiger partial charge in [-0.1, -0.05) is 12.1 Å². The Kier molecular flexibility index (Phi) is 3.14. The first kappa shape index (κ1) is 12.4. The van der Waals surface area contributed by atoms with Crippen molar-refractivity contribution in [3.63, 3.8) is 0 Å². The van der Waals surface area contributed by atoms with E-state index in [1.54, 1.807) is 36.2 Å². The van der Waals surface area contributed by atoms with E-state index >= 15 is 0 Å². The van der Waals surface area contributed by atoms with E-state index in [4.69, 9.17) is 11.6 Å². The van der Waals surface area contributed by atoms with Crippen molar-refractivity contribution in [2.45, 2.75) is 17.9 Å². The molecule has 0 amide bonds. The predicted molar refractivity (Wildman–Crippen MR) is 68.1 cm³/mol. The van der Waals surface area contributed by atoms with E-state index in [9.17, 15) is 8.42 Å². The van der Waals surface area contributed by atoms with Crippen molar-refractivity contribution in [3.8, 4) is 0 Å². The number of benzene rings is 1. The molecule has 6 heteroatoms. The quantitative estimate of drug-likeness (QED) is 0.770. The van der Waals surface area contributed by atoms with Gasteiger partial charge in [-0.15, -0.1) is 16.0 Å². The van der Waals surface area contributed by atoms with Gasteiger partial charge >= 0.3 is 0 Å². The van der Waals surface area contributed by atoms with E-state index in [0.717, 1.165) is 0 Å². The Bertz CT molecular complexity index is 569. The van der Waals surface area contributed by atoms with Crippen LogP contribution in [0.3, 0.4) is 0 Å². The topological polar surface area (TPSA) is 49.7 Å². The van der Waals surface area contributed by atoms with Crippen molar-refractivity contribution in [3.05, 3.63) is 29.8 Å². The van der Waals surface area contributed by atoms with Gasteiger partial charge in [-0.3, -0.25) is 0 Å². The molecule has 0 bridgehead atoms. The first-order valence-corrected chi connectivity index (χ1v) is 7.18. The Hall–Kier alpha value is -1.07. The van der Waals surface area contributed by atoms with Crippen LogP contribution in [0.4, 0.5) is 0 Å². The fourth-order valence-electron chi connectivity index (χ4n) is 1.66. The molecule has 0 saturated carbocycles. The minimum Gasteiger partial charge on any atom is -0.355 e.